The van der Waals surface area contributed by atoms with Crippen LogP contribution in [0, 0.1) is 0 Å². The van der Waals surface area contributed by atoms with Crippen LogP contribution in [0.4, 0.5) is 0 Å². The van der Waals surface area contributed by atoms with Gasteiger partial charge >= 0.3 is 0 Å². The Morgan fingerprint density at radius 1 is 0.516 bits per heavy atom. The van der Waals surface area contributed by atoms with Crippen LogP contribution >= 0.6 is 15.9 Å². The quantitative estimate of drug-likeness (QED) is 0.244. The minimum absolute atomic E-state index is 0.722. The van der Waals surface area contributed by atoms with E-state index in [-0.39, 0.29) is 0 Å². The van der Waals surface area contributed by atoms with E-state index in [2.05, 4.69) is 94.8 Å². The Morgan fingerprint density at radius 2 is 1.10 bits per heavy atom. The number of benzene rings is 5. The van der Waals surface area contributed by atoms with Crippen molar-refractivity contribution in [2.75, 3.05) is 0 Å². The maximum atomic E-state index is 5.13. The van der Waals surface area contributed by atoms with Crippen molar-refractivity contribution in [3.63, 3.8) is 0 Å². The predicted octanol–water partition coefficient (Wildman–Crippen LogP) is 8.03. The lowest BCUT2D eigenvalue weighted by Crippen LogP contribution is -1.97. The molecule has 31 heavy (non-hydrogen) atoms. The van der Waals surface area contributed by atoms with Crippen LogP contribution in [0.1, 0.15) is 0 Å². The van der Waals surface area contributed by atoms with Crippen molar-refractivity contribution >= 4 is 48.4 Å². The number of rotatable bonds is 2. The van der Waals surface area contributed by atoms with Crippen LogP contribution in [0.3, 0.4) is 0 Å². The first-order valence-electron chi connectivity index (χ1n) is 10.2. The van der Waals surface area contributed by atoms with Crippen molar-refractivity contribution in [2.24, 2.45) is 0 Å². The summed E-state index contributed by atoms with van der Waals surface area (Å²) in [6, 6.07) is 35.6. The highest BCUT2D eigenvalue weighted by molar-refractivity contribution is 9.10. The number of fused-ring (bicyclic) bond motifs is 6. The lowest BCUT2D eigenvalue weighted by Gasteiger charge is -2.15. The molecule has 146 valence electrons. The highest BCUT2D eigenvalue weighted by atomic mass is 79.9. The van der Waals surface area contributed by atoms with E-state index in [0.29, 0.717) is 0 Å². The number of nitrogens with zero attached hydrogens (tertiary/aromatic N) is 2. The standard InChI is InChI=1S/C28H17BrN2/c29-24-17-9-8-16-23(24)28-30-26(18-10-2-1-3-11-18)25-21-14-6-4-12-19(21)20-13-5-7-15-22(20)27(25)31-28/h1-17H. The fourth-order valence-electron chi connectivity index (χ4n) is 4.34. The van der Waals surface area contributed by atoms with E-state index in [0.717, 1.165) is 43.4 Å². The van der Waals surface area contributed by atoms with Gasteiger partial charge in [0, 0.05) is 26.4 Å². The molecular weight excluding hydrogens is 444 g/mol. The molecule has 0 aliphatic heterocycles. The molecule has 0 amide bonds. The minimum atomic E-state index is 0.722. The molecule has 6 rings (SSSR count). The molecule has 1 aromatic heterocycles. The summed E-state index contributed by atoms with van der Waals surface area (Å²) in [4.78, 5) is 10.2. The first-order chi connectivity index (χ1) is 15.3. The molecule has 0 spiro atoms. The van der Waals surface area contributed by atoms with Gasteiger partial charge in [-0.3, -0.25) is 0 Å². The molecule has 5 aromatic carbocycles. The summed E-state index contributed by atoms with van der Waals surface area (Å²) in [6.07, 6.45) is 0. The second-order valence-corrected chi connectivity index (χ2v) is 8.41. The number of aromatic nitrogens is 2. The van der Waals surface area contributed by atoms with Gasteiger partial charge in [0.1, 0.15) is 0 Å². The van der Waals surface area contributed by atoms with E-state index < -0.39 is 0 Å². The van der Waals surface area contributed by atoms with E-state index in [1.807, 2.05) is 24.3 Å². The Morgan fingerprint density at radius 3 is 1.84 bits per heavy atom. The fourth-order valence-corrected chi connectivity index (χ4v) is 4.80. The summed E-state index contributed by atoms with van der Waals surface area (Å²) in [7, 11) is 0. The Bertz CT molecular complexity index is 1590. The maximum Gasteiger partial charge on any atom is 0.161 e. The van der Waals surface area contributed by atoms with E-state index in [1.54, 1.807) is 0 Å². The van der Waals surface area contributed by atoms with Crippen molar-refractivity contribution in [2.45, 2.75) is 0 Å². The van der Waals surface area contributed by atoms with Gasteiger partial charge in [-0.15, -0.1) is 0 Å². The second kappa shape index (κ2) is 7.29. The summed E-state index contributed by atoms with van der Waals surface area (Å²) in [6.45, 7) is 0. The van der Waals surface area contributed by atoms with Gasteiger partial charge in [-0.1, -0.05) is 113 Å². The predicted molar refractivity (Wildman–Crippen MR) is 133 cm³/mol. The van der Waals surface area contributed by atoms with Gasteiger partial charge in [0.2, 0.25) is 0 Å². The molecule has 6 aromatic rings. The van der Waals surface area contributed by atoms with Crippen molar-refractivity contribution in [3.8, 4) is 22.6 Å². The van der Waals surface area contributed by atoms with E-state index in [4.69, 9.17) is 9.97 Å². The maximum absolute atomic E-state index is 5.13. The first kappa shape index (κ1) is 18.2. The Labute approximate surface area is 188 Å². The normalized spacial score (nSPS) is 11.4. The molecule has 0 saturated carbocycles. The lowest BCUT2D eigenvalue weighted by atomic mass is 9.94. The molecule has 3 heteroatoms. The third kappa shape index (κ3) is 2.93. The topological polar surface area (TPSA) is 25.8 Å². The third-order valence-corrected chi connectivity index (χ3v) is 6.43. The van der Waals surface area contributed by atoms with Crippen molar-refractivity contribution in [1.29, 1.82) is 0 Å². The van der Waals surface area contributed by atoms with Crippen LogP contribution in [0.25, 0.3) is 55.1 Å². The van der Waals surface area contributed by atoms with Gasteiger partial charge in [-0.2, -0.15) is 0 Å². The number of hydrogen-bond donors (Lipinski definition) is 0. The molecule has 1 heterocycles. The molecule has 0 unspecified atom stereocenters. The summed E-state index contributed by atoms with van der Waals surface area (Å²) in [5.41, 5.74) is 4.01. The zero-order chi connectivity index (χ0) is 20.8. The summed E-state index contributed by atoms with van der Waals surface area (Å²) in [5.74, 6) is 0.722. The summed E-state index contributed by atoms with van der Waals surface area (Å²) >= 11 is 3.69. The van der Waals surface area contributed by atoms with Gasteiger partial charge < -0.3 is 0 Å². The van der Waals surface area contributed by atoms with Crippen molar-refractivity contribution in [3.05, 3.63) is 108 Å². The van der Waals surface area contributed by atoms with Gasteiger partial charge in [0.05, 0.1) is 11.2 Å². The fraction of sp³-hybridized carbons (Fsp3) is 0. The van der Waals surface area contributed by atoms with Gasteiger partial charge in [0.15, 0.2) is 5.82 Å². The lowest BCUT2D eigenvalue weighted by molar-refractivity contribution is 1.23. The van der Waals surface area contributed by atoms with E-state index in [1.165, 1.54) is 16.2 Å². The second-order valence-electron chi connectivity index (χ2n) is 7.56. The highest BCUT2D eigenvalue weighted by Crippen LogP contribution is 2.40. The number of hydrogen-bond acceptors (Lipinski definition) is 2. The summed E-state index contributed by atoms with van der Waals surface area (Å²) < 4.78 is 0.985. The Balaban J connectivity index is 1.87. The molecule has 0 saturated heterocycles. The molecule has 0 aliphatic carbocycles. The van der Waals surface area contributed by atoms with Crippen LogP contribution in [-0.2, 0) is 0 Å². The average molecular weight is 461 g/mol. The van der Waals surface area contributed by atoms with Gasteiger partial charge in [0.25, 0.3) is 0 Å². The Hall–Kier alpha value is -3.56. The van der Waals surface area contributed by atoms with E-state index >= 15 is 0 Å². The smallest absolute Gasteiger partial charge is 0.161 e. The highest BCUT2D eigenvalue weighted by Gasteiger charge is 2.18. The zero-order valence-corrected chi connectivity index (χ0v) is 18.2. The molecule has 0 aliphatic rings. The number of halogens is 1. The van der Waals surface area contributed by atoms with Crippen LogP contribution in [0.5, 0.6) is 0 Å². The van der Waals surface area contributed by atoms with Crippen LogP contribution in [0.2, 0.25) is 0 Å². The molecule has 0 radical (unpaired) electrons. The monoisotopic (exact) mass is 460 g/mol. The summed E-state index contributed by atoms with van der Waals surface area (Å²) in [5, 5.41) is 5.84. The van der Waals surface area contributed by atoms with E-state index in [9.17, 15) is 0 Å². The largest absolute Gasteiger partial charge is 0.227 e. The van der Waals surface area contributed by atoms with Crippen LogP contribution in [-0.4, -0.2) is 9.97 Å². The van der Waals surface area contributed by atoms with Crippen LogP contribution in [0.15, 0.2) is 108 Å². The molecule has 0 fully saturated rings. The third-order valence-electron chi connectivity index (χ3n) is 5.74. The molecule has 0 atom stereocenters. The SMILES string of the molecule is Brc1ccccc1-c1nc(-c2ccccc2)c2c3ccccc3c3ccccc3c2n1. The van der Waals surface area contributed by atoms with Crippen LogP contribution < -0.4 is 0 Å². The first-order valence-corrected chi connectivity index (χ1v) is 11.0. The van der Waals surface area contributed by atoms with Gasteiger partial charge in [-0.25, -0.2) is 9.97 Å². The average Bonchev–Trinajstić information content (AvgIpc) is 2.84. The van der Waals surface area contributed by atoms with Crippen molar-refractivity contribution in [1.82, 2.24) is 9.97 Å². The zero-order valence-electron chi connectivity index (χ0n) is 16.6. The molecular formula is C28H17BrN2. The molecule has 2 nitrogen and oxygen atoms in total. The molecule has 0 bridgehead atoms. The molecule has 0 N–H and O–H groups in total. The van der Waals surface area contributed by atoms with Gasteiger partial charge in [-0.05, 0) is 22.2 Å². The minimum Gasteiger partial charge on any atom is -0.227 e. The van der Waals surface area contributed by atoms with Crippen molar-refractivity contribution < 1.29 is 0 Å². The Kier molecular flexibility index (Phi) is 4.29.